The molecule has 0 bridgehead atoms. The highest BCUT2D eigenvalue weighted by Crippen LogP contribution is 2.33. The number of hydrogen-bond acceptors (Lipinski definition) is 7. The number of amides is 1. The first-order valence-electron chi connectivity index (χ1n) is 8.06. The summed E-state index contributed by atoms with van der Waals surface area (Å²) in [6.45, 7) is 1.63. The Labute approximate surface area is 148 Å². The van der Waals surface area contributed by atoms with Crippen molar-refractivity contribution >= 4 is 23.4 Å². The predicted octanol–water partition coefficient (Wildman–Crippen LogP) is 3.25. The Morgan fingerprint density at radius 2 is 2.16 bits per heavy atom. The minimum atomic E-state index is -0.503. The average Bonchev–Trinajstić information content (AvgIpc) is 3.25. The quantitative estimate of drug-likeness (QED) is 0.620. The molecule has 0 radical (unpaired) electrons. The van der Waals surface area contributed by atoms with Gasteiger partial charge in [0.25, 0.3) is 16.8 Å². The second-order valence-electron chi connectivity index (χ2n) is 5.88. The van der Waals surface area contributed by atoms with Crippen molar-refractivity contribution < 1.29 is 14.1 Å². The molecule has 1 amide bonds. The highest BCUT2D eigenvalue weighted by molar-refractivity contribution is 7.99. The molecule has 25 heavy (non-hydrogen) atoms. The van der Waals surface area contributed by atoms with Crippen molar-refractivity contribution in [2.24, 2.45) is 0 Å². The molecule has 1 aromatic heterocycles. The number of nitro groups is 1. The van der Waals surface area contributed by atoms with Gasteiger partial charge in [-0.3, -0.25) is 14.9 Å². The van der Waals surface area contributed by atoms with Crippen LogP contribution in [0.3, 0.4) is 0 Å². The van der Waals surface area contributed by atoms with E-state index in [1.807, 2.05) is 0 Å². The van der Waals surface area contributed by atoms with Gasteiger partial charge in [0.2, 0.25) is 5.89 Å². The number of aromatic nitrogens is 2. The third kappa shape index (κ3) is 4.16. The Morgan fingerprint density at radius 3 is 2.88 bits per heavy atom. The standard InChI is InChI=1S/C16H18N4O4S/c1-10-12(7-4-8-13(10)20(22)23)15(21)17-9-14-18-19-16(24-14)25-11-5-2-3-6-11/h4,7-8,11H,2-3,5-6,9H2,1H3,(H,17,21). The Bertz CT molecular complexity index is 786. The van der Waals surface area contributed by atoms with Crippen LogP contribution in [0.2, 0.25) is 0 Å². The Morgan fingerprint density at radius 1 is 1.40 bits per heavy atom. The summed E-state index contributed by atoms with van der Waals surface area (Å²) in [6.07, 6.45) is 4.78. The van der Waals surface area contributed by atoms with Gasteiger partial charge in [-0.2, -0.15) is 0 Å². The van der Waals surface area contributed by atoms with Gasteiger partial charge in [-0.1, -0.05) is 30.7 Å². The summed E-state index contributed by atoms with van der Waals surface area (Å²) in [5.41, 5.74) is 0.503. The van der Waals surface area contributed by atoms with E-state index in [2.05, 4.69) is 15.5 Å². The minimum absolute atomic E-state index is 0.0825. The Hall–Kier alpha value is -2.42. The van der Waals surface area contributed by atoms with E-state index in [-0.39, 0.29) is 17.8 Å². The Balaban J connectivity index is 1.60. The molecule has 0 aliphatic heterocycles. The topological polar surface area (TPSA) is 111 Å². The van der Waals surface area contributed by atoms with Crippen LogP contribution < -0.4 is 5.32 Å². The maximum Gasteiger partial charge on any atom is 0.276 e. The van der Waals surface area contributed by atoms with Gasteiger partial charge in [-0.05, 0) is 25.8 Å². The minimum Gasteiger partial charge on any atom is -0.414 e. The first kappa shape index (κ1) is 17.4. The van der Waals surface area contributed by atoms with Gasteiger partial charge in [0.05, 0.1) is 11.5 Å². The van der Waals surface area contributed by atoms with E-state index in [1.54, 1.807) is 24.8 Å². The molecule has 9 heteroatoms. The summed E-state index contributed by atoms with van der Waals surface area (Å²) in [5, 5.41) is 22.6. The number of thioether (sulfide) groups is 1. The second-order valence-corrected chi connectivity index (χ2v) is 7.13. The van der Waals surface area contributed by atoms with Gasteiger partial charge < -0.3 is 9.73 Å². The number of hydrogen-bond donors (Lipinski definition) is 1. The van der Waals surface area contributed by atoms with Crippen LogP contribution in [-0.2, 0) is 6.54 Å². The van der Waals surface area contributed by atoms with Crippen LogP contribution in [0, 0.1) is 17.0 Å². The van der Waals surface area contributed by atoms with Gasteiger partial charge in [0.1, 0.15) is 0 Å². The van der Waals surface area contributed by atoms with E-state index in [1.165, 1.54) is 25.0 Å². The molecule has 1 saturated carbocycles. The zero-order chi connectivity index (χ0) is 17.8. The lowest BCUT2D eigenvalue weighted by atomic mass is 10.1. The number of carbonyl (C=O) groups is 1. The normalized spacial score (nSPS) is 14.6. The number of carbonyl (C=O) groups excluding carboxylic acids is 1. The lowest BCUT2D eigenvalue weighted by Gasteiger charge is -2.06. The monoisotopic (exact) mass is 362 g/mol. The molecule has 0 atom stereocenters. The lowest BCUT2D eigenvalue weighted by Crippen LogP contribution is -2.24. The van der Waals surface area contributed by atoms with E-state index in [9.17, 15) is 14.9 Å². The molecular formula is C16H18N4O4S. The summed E-state index contributed by atoms with van der Waals surface area (Å²) in [4.78, 5) is 22.7. The molecule has 132 valence electrons. The van der Waals surface area contributed by atoms with Gasteiger partial charge in [0, 0.05) is 22.4 Å². The van der Waals surface area contributed by atoms with Crippen molar-refractivity contribution in [3.05, 3.63) is 45.3 Å². The molecule has 1 aliphatic carbocycles. The van der Waals surface area contributed by atoms with E-state index in [4.69, 9.17) is 4.42 Å². The van der Waals surface area contributed by atoms with E-state index < -0.39 is 10.8 Å². The first-order valence-corrected chi connectivity index (χ1v) is 8.94. The molecule has 1 aromatic carbocycles. The molecule has 1 fully saturated rings. The van der Waals surface area contributed by atoms with Crippen LogP contribution in [0.5, 0.6) is 0 Å². The summed E-state index contributed by atoms with van der Waals surface area (Å²) >= 11 is 1.58. The SMILES string of the molecule is Cc1c(C(=O)NCc2nnc(SC3CCCC3)o2)cccc1[N+](=O)[O-]. The third-order valence-electron chi connectivity index (χ3n) is 4.16. The van der Waals surface area contributed by atoms with Crippen molar-refractivity contribution in [3.63, 3.8) is 0 Å². The van der Waals surface area contributed by atoms with Crippen molar-refractivity contribution in [1.82, 2.24) is 15.5 Å². The van der Waals surface area contributed by atoms with E-state index in [0.717, 1.165) is 12.8 Å². The molecule has 8 nitrogen and oxygen atoms in total. The zero-order valence-electron chi connectivity index (χ0n) is 13.7. The summed E-state index contributed by atoms with van der Waals surface area (Å²) < 4.78 is 5.54. The van der Waals surface area contributed by atoms with Crippen LogP contribution in [0.15, 0.2) is 27.8 Å². The summed E-state index contributed by atoms with van der Waals surface area (Å²) in [6, 6.07) is 4.41. The molecule has 0 saturated heterocycles. The van der Waals surface area contributed by atoms with E-state index >= 15 is 0 Å². The molecule has 0 unspecified atom stereocenters. The molecule has 2 aromatic rings. The van der Waals surface area contributed by atoms with Crippen molar-refractivity contribution in [2.75, 3.05) is 0 Å². The smallest absolute Gasteiger partial charge is 0.276 e. The average molecular weight is 362 g/mol. The molecule has 1 aliphatic rings. The largest absolute Gasteiger partial charge is 0.414 e. The van der Waals surface area contributed by atoms with Gasteiger partial charge in [-0.15, -0.1) is 10.2 Å². The number of nitrogens with zero attached hydrogens (tertiary/aromatic N) is 3. The van der Waals surface area contributed by atoms with Gasteiger partial charge in [-0.25, -0.2) is 0 Å². The van der Waals surface area contributed by atoms with E-state index in [0.29, 0.717) is 21.9 Å². The van der Waals surface area contributed by atoms with Crippen molar-refractivity contribution in [1.29, 1.82) is 0 Å². The Kier molecular flexibility index (Phi) is 5.32. The van der Waals surface area contributed by atoms with Crippen molar-refractivity contribution in [3.8, 4) is 0 Å². The fourth-order valence-electron chi connectivity index (χ4n) is 2.82. The number of benzene rings is 1. The number of nitro benzene ring substituents is 1. The van der Waals surface area contributed by atoms with Gasteiger partial charge in [0.15, 0.2) is 0 Å². The van der Waals surface area contributed by atoms with Gasteiger partial charge >= 0.3 is 0 Å². The number of nitrogens with one attached hydrogen (secondary N) is 1. The highest BCUT2D eigenvalue weighted by Gasteiger charge is 2.20. The highest BCUT2D eigenvalue weighted by atomic mass is 32.2. The second kappa shape index (κ2) is 7.64. The number of rotatable bonds is 6. The van der Waals surface area contributed by atoms with Crippen LogP contribution in [0.25, 0.3) is 0 Å². The van der Waals surface area contributed by atoms with Crippen LogP contribution in [0.4, 0.5) is 5.69 Å². The maximum atomic E-state index is 12.3. The fourth-order valence-corrected chi connectivity index (χ4v) is 3.91. The molecule has 1 N–H and O–H groups in total. The fraction of sp³-hybridized carbons (Fsp3) is 0.438. The van der Waals surface area contributed by atoms with Crippen LogP contribution in [-0.4, -0.2) is 26.3 Å². The molecular weight excluding hydrogens is 344 g/mol. The summed E-state index contributed by atoms with van der Waals surface area (Å²) in [7, 11) is 0. The van der Waals surface area contributed by atoms with Crippen LogP contribution in [0.1, 0.15) is 47.5 Å². The maximum absolute atomic E-state index is 12.3. The van der Waals surface area contributed by atoms with Crippen LogP contribution >= 0.6 is 11.8 Å². The predicted molar refractivity (Wildman–Crippen MR) is 91.4 cm³/mol. The molecule has 3 rings (SSSR count). The van der Waals surface area contributed by atoms with Crippen molar-refractivity contribution in [2.45, 2.75) is 49.6 Å². The lowest BCUT2D eigenvalue weighted by molar-refractivity contribution is -0.385. The molecule has 1 heterocycles. The summed E-state index contributed by atoms with van der Waals surface area (Å²) in [5.74, 6) is -0.0960. The zero-order valence-corrected chi connectivity index (χ0v) is 14.5. The first-order chi connectivity index (χ1) is 12.0. The third-order valence-corrected chi connectivity index (χ3v) is 5.34. The molecule has 0 spiro atoms.